The number of carbonyl (C=O) groups is 1. The normalized spacial score (nSPS) is 19.4. The summed E-state index contributed by atoms with van der Waals surface area (Å²) in [7, 11) is 0. The Morgan fingerprint density at radius 3 is 3.00 bits per heavy atom. The van der Waals surface area contributed by atoms with Crippen LogP contribution < -0.4 is 16.2 Å². The lowest BCUT2D eigenvalue weighted by Gasteiger charge is -2.32. The van der Waals surface area contributed by atoms with Crippen LogP contribution in [0.3, 0.4) is 0 Å². The summed E-state index contributed by atoms with van der Waals surface area (Å²) in [6.07, 6.45) is 4.21. The standard InChI is InChI=1S/C13H20N4O2/c1-10-3-2-5-16(9-10)11-7-13(19)17(15-8-11)6-4-12(14)18/h7-8,10H,2-6,9H2,1H3,(H2,14,18). The number of primary amides is 1. The number of anilines is 1. The summed E-state index contributed by atoms with van der Waals surface area (Å²) in [5, 5.41) is 4.11. The molecule has 2 N–H and O–H groups in total. The first-order valence-electron chi connectivity index (χ1n) is 6.66. The van der Waals surface area contributed by atoms with Crippen LogP contribution in [0.2, 0.25) is 0 Å². The summed E-state index contributed by atoms with van der Waals surface area (Å²) in [5.41, 5.74) is 5.75. The van der Waals surface area contributed by atoms with Gasteiger partial charge >= 0.3 is 0 Å². The van der Waals surface area contributed by atoms with Crippen LogP contribution in [0.1, 0.15) is 26.2 Å². The number of aryl methyl sites for hydroxylation is 1. The highest BCUT2D eigenvalue weighted by molar-refractivity contribution is 5.73. The Bertz CT molecular complexity index is 512. The number of rotatable bonds is 4. The number of hydrogen-bond donors (Lipinski definition) is 1. The Balaban J connectivity index is 2.09. The molecular formula is C13H20N4O2. The van der Waals surface area contributed by atoms with Crippen LogP contribution in [-0.2, 0) is 11.3 Å². The van der Waals surface area contributed by atoms with E-state index in [0.717, 1.165) is 25.2 Å². The van der Waals surface area contributed by atoms with Crippen molar-refractivity contribution in [2.45, 2.75) is 32.7 Å². The van der Waals surface area contributed by atoms with Crippen molar-refractivity contribution in [1.29, 1.82) is 0 Å². The van der Waals surface area contributed by atoms with E-state index in [4.69, 9.17) is 5.73 Å². The Labute approximate surface area is 112 Å². The van der Waals surface area contributed by atoms with Gasteiger partial charge in [-0.1, -0.05) is 6.92 Å². The molecule has 1 aliphatic heterocycles. The van der Waals surface area contributed by atoms with Crippen LogP contribution in [0, 0.1) is 5.92 Å². The molecular weight excluding hydrogens is 244 g/mol. The van der Waals surface area contributed by atoms with Gasteiger partial charge < -0.3 is 10.6 Å². The Kier molecular flexibility index (Phi) is 4.19. The van der Waals surface area contributed by atoms with E-state index in [2.05, 4.69) is 16.9 Å². The first kappa shape index (κ1) is 13.6. The van der Waals surface area contributed by atoms with Crippen molar-refractivity contribution >= 4 is 11.6 Å². The lowest BCUT2D eigenvalue weighted by molar-refractivity contribution is -0.118. The van der Waals surface area contributed by atoms with Gasteiger partial charge in [0.15, 0.2) is 0 Å². The molecule has 1 atom stereocenters. The molecule has 6 nitrogen and oxygen atoms in total. The van der Waals surface area contributed by atoms with Gasteiger partial charge in [-0.25, -0.2) is 4.68 Å². The predicted octanol–water partition coefficient (Wildman–Crippen LogP) is 0.355. The topological polar surface area (TPSA) is 81.2 Å². The fraction of sp³-hybridized carbons (Fsp3) is 0.615. The van der Waals surface area contributed by atoms with Gasteiger partial charge in [0.05, 0.1) is 18.4 Å². The fourth-order valence-electron chi connectivity index (χ4n) is 2.40. The molecule has 2 rings (SSSR count). The van der Waals surface area contributed by atoms with E-state index in [1.807, 2.05) is 0 Å². The van der Waals surface area contributed by atoms with Gasteiger partial charge in [-0.15, -0.1) is 0 Å². The highest BCUT2D eigenvalue weighted by Crippen LogP contribution is 2.20. The van der Waals surface area contributed by atoms with Crippen molar-refractivity contribution in [3.05, 3.63) is 22.6 Å². The van der Waals surface area contributed by atoms with Crippen LogP contribution >= 0.6 is 0 Å². The average Bonchev–Trinajstić information content (AvgIpc) is 2.37. The maximum absolute atomic E-state index is 11.9. The lowest BCUT2D eigenvalue weighted by Crippen LogP contribution is -2.36. The minimum absolute atomic E-state index is 0.132. The molecule has 1 fully saturated rings. The van der Waals surface area contributed by atoms with E-state index < -0.39 is 5.91 Å². The van der Waals surface area contributed by atoms with Crippen molar-refractivity contribution in [1.82, 2.24) is 9.78 Å². The zero-order valence-corrected chi connectivity index (χ0v) is 11.2. The lowest BCUT2D eigenvalue weighted by atomic mass is 10.00. The average molecular weight is 264 g/mol. The molecule has 0 spiro atoms. The molecule has 104 valence electrons. The van der Waals surface area contributed by atoms with E-state index in [1.165, 1.54) is 11.1 Å². The quantitative estimate of drug-likeness (QED) is 0.851. The number of carbonyl (C=O) groups excluding carboxylic acids is 1. The molecule has 0 aromatic carbocycles. The summed E-state index contributed by atoms with van der Waals surface area (Å²) in [6, 6.07) is 1.59. The van der Waals surface area contributed by atoms with E-state index in [9.17, 15) is 9.59 Å². The summed E-state index contributed by atoms with van der Waals surface area (Å²) in [4.78, 5) is 24.8. The third kappa shape index (κ3) is 3.56. The minimum Gasteiger partial charge on any atom is -0.370 e. The number of piperidine rings is 1. The smallest absolute Gasteiger partial charge is 0.268 e. The molecule has 6 heteroatoms. The molecule has 1 aromatic rings. The highest BCUT2D eigenvalue weighted by atomic mass is 16.1. The first-order chi connectivity index (χ1) is 9.06. The zero-order valence-electron chi connectivity index (χ0n) is 11.2. The van der Waals surface area contributed by atoms with E-state index >= 15 is 0 Å². The molecule has 2 heterocycles. The second-order valence-electron chi connectivity index (χ2n) is 5.18. The summed E-state index contributed by atoms with van der Waals surface area (Å²) < 4.78 is 1.28. The number of amides is 1. The molecule has 0 saturated carbocycles. The van der Waals surface area contributed by atoms with Crippen LogP contribution in [-0.4, -0.2) is 28.8 Å². The number of hydrogen-bond acceptors (Lipinski definition) is 4. The number of nitrogens with zero attached hydrogens (tertiary/aromatic N) is 3. The van der Waals surface area contributed by atoms with Crippen LogP contribution in [0.4, 0.5) is 5.69 Å². The van der Waals surface area contributed by atoms with Gasteiger partial charge in [0.1, 0.15) is 0 Å². The monoisotopic (exact) mass is 264 g/mol. The van der Waals surface area contributed by atoms with Crippen LogP contribution in [0.25, 0.3) is 0 Å². The maximum Gasteiger partial charge on any atom is 0.268 e. The van der Waals surface area contributed by atoms with E-state index in [0.29, 0.717) is 5.92 Å². The Hall–Kier alpha value is -1.85. The molecule has 1 aliphatic rings. The SMILES string of the molecule is CC1CCCN(c2cnn(CCC(N)=O)c(=O)c2)C1. The highest BCUT2D eigenvalue weighted by Gasteiger charge is 2.17. The van der Waals surface area contributed by atoms with Gasteiger partial charge in [0.25, 0.3) is 5.56 Å². The van der Waals surface area contributed by atoms with Crippen LogP contribution in [0.5, 0.6) is 0 Å². The first-order valence-corrected chi connectivity index (χ1v) is 6.66. The molecule has 0 radical (unpaired) electrons. The van der Waals surface area contributed by atoms with E-state index in [-0.39, 0.29) is 18.5 Å². The van der Waals surface area contributed by atoms with Gasteiger partial charge in [-0.05, 0) is 18.8 Å². The van der Waals surface area contributed by atoms with Crippen molar-refractivity contribution in [3.63, 3.8) is 0 Å². The Morgan fingerprint density at radius 1 is 1.58 bits per heavy atom. The third-order valence-electron chi connectivity index (χ3n) is 3.45. The van der Waals surface area contributed by atoms with Crippen molar-refractivity contribution in [3.8, 4) is 0 Å². The minimum atomic E-state index is -0.428. The summed E-state index contributed by atoms with van der Waals surface area (Å²) in [5.74, 6) is 0.216. The maximum atomic E-state index is 11.9. The molecule has 1 aromatic heterocycles. The predicted molar refractivity (Wildman–Crippen MR) is 72.9 cm³/mol. The third-order valence-corrected chi connectivity index (χ3v) is 3.45. The number of nitrogens with two attached hydrogens (primary N) is 1. The van der Waals surface area contributed by atoms with Gasteiger partial charge in [0.2, 0.25) is 5.91 Å². The molecule has 0 bridgehead atoms. The van der Waals surface area contributed by atoms with Gasteiger partial charge in [-0.2, -0.15) is 5.10 Å². The molecule has 0 aliphatic carbocycles. The Morgan fingerprint density at radius 2 is 2.37 bits per heavy atom. The zero-order chi connectivity index (χ0) is 13.8. The molecule has 1 saturated heterocycles. The van der Waals surface area contributed by atoms with E-state index in [1.54, 1.807) is 12.3 Å². The summed E-state index contributed by atoms with van der Waals surface area (Å²) >= 11 is 0. The second kappa shape index (κ2) is 5.86. The van der Waals surface area contributed by atoms with Crippen molar-refractivity contribution < 1.29 is 4.79 Å². The van der Waals surface area contributed by atoms with Crippen LogP contribution in [0.15, 0.2) is 17.1 Å². The molecule has 1 amide bonds. The number of aromatic nitrogens is 2. The molecule has 19 heavy (non-hydrogen) atoms. The van der Waals surface area contributed by atoms with Crippen molar-refractivity contribution in [2.24, 2.45) is 11.7 Å². The van der Waals surface area contributed by atoms with Crippen molar-refractivity contribution in [2.75, 3.05) is 18.0 Å². The fourth-order valence-corrected chi connectivity index (χ4v) is 2.40. The van der Waals surface area contributed by atoms with Gasteiger partial charge in [0, 0.05) is 25.6 Å². The largest absolute Gasteiger partial charge is 0.370 e. The van der Waals surface area contributed by atoms with Gasteiger partial charge in [-0.3, -0.25) is 9.59 Å². The second-order valence-corrected chi connectivity index (χ2v) is 5.18. The molecule has 1 unspecified atom stereocenters. The summed E-state index contributed by atoms with van der Waals surface area (Å²) in [6.45, 7) is 4.39.